The van der Waals surface area contributed by atoms with E-state index in [0.717, 1.165) is 54.6 Å². The maximum atomic E-state index is 13.8. The van der Waals surface area contributed by atoms with Crippen LogP contribution in [0.3, 0.4) is 0 Å². The lowest BCUT2D eigenvalue weighted by Gasteiger charge is -2.38. The first-order valence-electron chi connectivity index (χ1n) is 12.3. The molecule has 7 nitrogen and oxygen atoms in total. The zero-order valence-electron chi connectivity index (χ0n) is 21.4. The monoisotopic (exact) mass is 466 g/mol. The highest BCUT2D eigenvalue weighted by Crippen LogP contribution is 2.40. The van der Waals surface area contributed by atoms with E-state index in [1.54, 1.807) is 11.1 Å². The lowest BCUT2D eigenvalue weighted by molar-refractivity contribution is -0.140. The largest absolute Gasteiger partial charge is 0.459 e. The van der Waals surface area contributed by atoms with Gasteiger partial charge in [0.05, 0.1) is 17.4 Å². The average Bonchev–Trinajstić information content (AvgIpc) is 3.10. The fourth-order valence-corrected chi connectivity index (χ4v) is 5.46. The zero-order valence-corrected chi connectivity index (χ0v) is 21.4. The number of fused-ring (bicyclic) bond motifs is 3. The van der Waals surface area contributed by atoms with Crippen molar-refractivity contribution in [2.24, 2.45) is 5.92 Å². The topological polar surface area (TPSA) is 68.9 Å². The highest BCUT2D eigenvalue weighted by molar-refractivity contribution is 6.18. The molecule has 3 heterocycles. The number of nitrogens with zero attached hydrogens (tertiary/aromatic N) is 3. The summed E-state index contributed by atoms with van der Waals surface area (Å²) in [6.45, 7) is 10.9. The summed E-state index contributed by atoms with van der Waals surface area (Å²) in [7, 11) is 4.15. The van der Waals surface area contributed by atoms with Gasteiger partial charge in [0.2, 0.25) is 0 Å². The third-order valence-corrected chi connectivity index (χ3v) is 6.72. The summed E-state index contributed by atoms with van der Waals surface area (Å²) in [5, 5.41) is 1.07. The molecular weight excluding hydrogens is 428 g/mol. The van der Waals surface area contributed by atoms with Crippen LogP contribution in [0, 0.1) is 5.92 Å². The second-order valence-corrected chi connectivity index (χ2v) is 10.9. The van der Waals surface area contributed by atoms with Crippen LogP contribution >= 0.6 is 0 Å². The molecule has 0 bridgehead atoms. The van der Waals surface area contributed by atoms with E-state index in [1.165, 1.54) is 0 Å². The number of likely N-dealkylation sites (tertiary alicyclic amines) is 1. The fourth-order valence-electron chi connectivity index (χ4n) is 5.46. The molecule has 0 unspecified atom stereocenters. The molecule has 0 aliphatic carbocycles. The number of nitrogens with one attached hydrogen (secondary N) is 1. The van der Waals surface area contributed by atoms with Crippen LogP contribution in [0.4, 0.5) is 4.79 Å². The summed E-state index contributed by atoms with van der Waals surface area (Å²) in [5.74, 6) is 0.0427. The minimum Gasteiger partial charge on any atom is -0.459 e. The van der Waals surface area contributed by atoms with Crippen molar-refractivity contribution in [1.29, 1.82) is 0 Å². The first-order chi connectivity index (χ1) is 16.1. The molecule has 1 aromatic heterocycles. The van der Waals surface area contributed by atoms with Gasteiger partial charge in [0.1, 0.15) is 0 Å². The summed E-state index contributed by atoms with van der Waals surface area (Å²) < 4.78 is 5.62. The molecule has 2 aliphatic heterocycles. The van der Waals surface area contributed by atoms with Gasteiger partial charge in [0.15, 0.2) is 0 Å². The van der Waals surface area contributed by atoms with Crippen molar-refractivity contribution < 1.29 is 14.3 Å². The Morgan fingerprint density at radius 2 is 1.97 bits per heavy atom. The number of piperidine rings is 1. The number of amides is 2. The van der Waals surface area contributed by atoms with Crippen molar-refractivity contribution in [2.45, 2.75) is 52.1 Å². The number of carbonyl (C=O) groups is 2. The number of esters is 1. The second-order valence-electron chi connectivity index (χ2n) is 10.9. The predicted octanol–water partition coefficient (Wildman–Crippen LogP) is 4.45. The summed E-state index contributed by atoms with van der Waals surface area (Å²) in [4.78, 5) is 36.4. The summed E-state index contributed by atoms with van der Waals surface area (Å²) >= 11 is 0. The Morgan fingerprint density at radius 3 is 2.68 bits per heavy atom. The summed E-state index contributed by atoms with van der Waals surface area (Å²) in [6, 6.07) is 8.05. The van der Waals surface area contributed by atoms with Gasteiger partial charge in [-0.05, 0) is 58.3 Å². The quantitative estimate of drug-likeness (QED) is 0.676. The molecule has 1 saturated heterocycles. The number of aromatic nitrogens is 1. The number of ether oxygens (including phenoxy) is 1. The average molecular weight is 467 g/mol. The number of benzene rings is 1. The molecule has 1 atom stereocenters. The Morgan fingerprint density at radius 1 is 1.24 bits per heavy atom. The van der Waals surface area contributed by atoms with Gasteiger partial charge in [0, 0.05) is 48.7 Å². The number of hydrogen-bond acceptors (Lipinski definition) is 4. The van der Waals surface area contributed by atoms with Gasteiger partial charge in [-0.1, -0.05) is 32.0 Å². The molecule has 4 rings (SSSR count). The van der Waals surface area contributed by atoms with Crippen molar-refractivity contribution in [2.75, 3.05) is 40.3 Å². The predicted molar refractivity (Wildman–Crippen MR) is 135 cm³/mol. The molecule has 1 N–H and O–H groups in total. The van der Waals surface area contributed by atoms with Crippen LogP contribution in [0.15, 0.2) is 30.5 Å². The van der Waals surface area contributed by atoms with Crippen molar-refractivity contribution in [3.8, 4) is 0 Å². The number of carbonyl (C=O) groups excluding carboxylic acids is 2. The van der Waals surface area contributed by atoms with E-state index in [-0.39, 0.29) is 17.6 Å². The van der Waals surface area contributed by atoms with Crippen molar-refractivity contribution >= 4 is 28.5 Å². The minimum atomic E-state index is -0.414. The first kappa shape index (κ1) is 24.3. The molecule has 1 fully saturated rings. The molecule has 2 aromatic rings. The van der Waals surface area contributed by atoms with E-state index >= 15 is 0 Å². The van der Waals surface area contributed by atoms with Crippen LogP contribution in [-0.2, 0) is 14.9 Å². The highest BCUT2D eigenvalue weighted by atomic mass is 16.5. The van der Waals surface area contributed by atoms with Crippen LogP contribution in [0.25, 0.3) is 16.5 Å². The second kappa shape index (κ2) is 9.45. The fraction of sp³-hybridized carbons (Fsp3) is 0.556. The van der Waals surface area contributed by atoms with E-state index in [2.05, 4.69) is 43.9 Å². The van der Waals surface area contributed by atoms with E-state index in [0.29, 0.717) is 18.0 Å². The number of rotatable bonds is 4. The van der Waals surface area contributed by atoms with E-state index in [4.69, 9.17) is 4.74 Å². The van der Waals surface area contributed by atoms with E-state index < -0.39 is 5.97 Å². The Labute approximate surface area is 202 Å². The Bertz CT molecular complexity index is 1100. The zero-order chi connectivity index (χ0) is 24.6. The van der Waals surface area contributed by atoms with Gasteiger partial charge >= 0.3 is 12.0 Å². The maximum absolute atomic E-state index is 13.8. The molecule has 0 radical (unpaired) electrons. The molecule has 2 aliphatic rings. The minimum absolute atomic E-state index is 0.0409. The number of H-pyrrole nitrogens is 1. The molecule has 7 heteroatoms. The standard InChI is InChI=1S/C27H38N4O3/c1-18(2)34-25(32)21-16-31(26(33)30-13-9-10-19(15-30)14-29(5)6)17-27(3,4)23-20-11-7-8-12-22(20)28-24(21)23/h7-8,11-12,16,18-19,28H,9-10,13-15,17H2,1-6H3/t19-/m1/s1. The number of urea groups is 1. The third kappa shape index (κ3) is 4.85. The van der Waals surface area contributed by atoms with Gasteiger partial charge in [-0.3, -0.25) is 4.90 Å². The maximum Gasteiger partial charge on any atom is 0.342 e. The third-order valence-electron chi connectivity index (χ3n) is 6.72. The van der Waals surface area contributed by atoms with E-state index in [1.807, 2.05) is 36.9 Å². The first-order valence-corrected chi connectivity index (χ1v) is 12.3. The summed E-state index contributed by atoms with van der Waals surface area (Å²) in [6.07, 6.45) is 3.59. The van der Waals surface area contributed by atoms with Gasteiger partial charge in [-0.15, -0.1) is 0 Å². The van der Waals surface area contributed by atoms with Gasteiger partial charge < -0.3 is 19.5 Å². The van der Waals surface area contributed by atoms with E-state index in [9.17, 15) is 9.59 Å². The van der Waals surface area contributed by atoms with Crippen LogP contribution in [0.5, 0.6) is 0 Å². The normalized spacial score (nSPS) is 20.4. The summed E-state index contributed by atoms with van der Waals surface area (Å²) in [5.41, 5.74) is 2.80. The molecular formula is C27H38N4O3. The van der Waals surface area contributed by atoms with Crippen molar-refractivity contribution in [3.63, 3.8) is 0 Å². The Balaban J connectivity index is 1.74. The highest BCUT2D eigenvalue weighted by Gasteiger charge is 2.39. The SMILES string of the molecule is CC(C)OC(=O)C1=CN(C(=O)N2CCC[C@H](CN(C)C)C2)CC(C)(C)c2c1[nH]c1ccccc21. The molecule has 184 valence electrons. The smallest absolute Gasteiger partial charge is 0.342 e. The van der Waals surface area contributed by atoms with Gasteiger partial charge in [-0.2, -0.15) is 0 Å². The molecule has 2 amide bonds. The van der Waals surface area contributed by atoms with Crippen molar-refractivity contribution in [3.05, 3.63) is 41.7 Å². The van der Waals surface area contributed by atoms with Crippen LogP contribution in [0.2, 0.25) is 0 Å². The molecule has 0 saturated carbocycles. The lowest BCUT2D eigenvalue weighted by Crippen LogP contribution is -2.49. The molecule has 1 aromatic carbocycles. The lowest BCUT2D eigenvalue weighted by atomic mass is 9.82. The molecule has 34 heavy (non-hydrogen) atoms. The van der Waals surface area contributed by atoms with Gasteiger partial charge in [-0.25, -0.2) is 9.59 Å². The van der Waals surface area contributed by atoms with Crippen LogP contribution < -0.4 is 0 Å². The molecule has 0 spiro atoms. The Hall–Kier alpha value is -2.80. The number of para-hydroxylation sites is 1. The van der Waals surface area contributed by atoms with Gasteiger partial charge in [0.25, 0.3) is 0 Å². The Kier molecular flexibility index (Phi) is 6.76. The number of hydrogen-bond donors (Lipinski definition) is 1. The van der Waals surface area contributed by atoms with Crippen molar-refractivity contribution in [1.82, 2.24) is 19.7 Å². The van der Waals surface area contributed by atoms with Crippen LogP contribution in [0.1, 0.15) is 51.8 Å². The number of aromatic amines is 1. The van der Waals surface area contributed by atoms with Crippen LogP contribution in [-0.4, -0.2) is 78.1 Å².